The SMILES string of the molecule is O=C(N[C@@H]1C[C@H]2CCN(C2)C1)c1ccc(-c2ccc(O)cc2)s1. The van der Waals surface area contributed by atoms with Gasteiger partial charge >= 0.3 is 0 Å². The molecule has 1 amide bonds. The zero-order valence-corrected chi connectivity index (χ0v) is 13.7. The number of nitrogens with zero attached hydrogens (tertiary/aromatic N) is 1. The molecular weight excluding hydrogens is 308 g/mol. The molecule has 0 saturated carbocycles. The van der Waals surface area contributed by atoms with Gasteiger partial charge in [0.25, 0.3) is 5.91 Å². The minimum atomic E-state index is 0.0347. The van der Waals surface area contributed by atoms with E-state index >= 15 is 0 Å². The highest BCUT2D eigenvalue weighted by atomic mass is 32.1. The maximum Gasteiger partial charge on any atom is 0.261 e. The van der Waals surface area contributed by atoms with Gasteiger partial charge in [-0.15, -0.1) is 11.3 Å². The van der Waals surface area contributed by atoms with E-state index in [4.69, 9.17) is 0 Å². The van der Waals surface area contributed by atoms with Gasteiger partial charge in [0.1, 0.15) is 5.75 Å². The molecule has 1 aromatic heterocycles. The third-order valence-electron chi connectivity index (χ3n) is 4.78. The number of phenolic OH excluding ortho intramolecular Hbond substituents is 1. The van der Waals surface area contributed by atoms with Gasteiger partial charge in [-0.05, 0) is 67.3 Å². The number of piperidine rings is 1. The summed E-state index contributed by atoms with van der Waals surface area (Å²) in [6, 6.07) is 11.2. The third kappa shape index (κ3) is 3.12. The van der Waals surface area contributed by atoms with Gasteiger partial charge < -0.3 is 15.3 Å². The topological polar surface area (TPSA) is 52.6 Å². The average molecular weight is 328 g/mol. The predicted octanol–water partition coefficient (Wildman–Crippen LogP) is 2.94. The first kappa shape index (κ1) is 14.7. The molecule has 2 aromatic rings. The average Bonchev–Trinajstić information content (AvgIpc) is 3.15. The lowest BCUT2D eigenvalue weighted by atomic mass is 9.97. The number of benzene rings is 1. The number of phenols is 1. The van der Waals surface area contributed by atoms with E-state index in [1.165, 1.54) is 30.8 Å². The number of fused-ring (bicyclic) bond motifs is 2. The molecule has 2 bridgehead atoms. The van der Waals surface area contributed by atoms with Crippen LogP contribution in [0.4, 0.5) is 0 Å². The summed E-state index contributed by atoms with van der Waals surface area (Å²) in [5, 5.41) is 12.6. The van der Waals surface area contributed by atoms with Crippen LogP contribution in [0.15, 0.2) is 36.4 Å². The van der Waals surface area contributed by atoms with E-state index in [2.05, 4.69) is 10.2 Å². The van der Waals surface area contributed by atoms with Gasteiger partial charge in [0.15, 0.2) is 0 Å². The van der Waals surface area contributed by atoms with Crippen LogP contribution >= 0.6 is 11.3 Å². The summed E-state index contributed by atoms with van der Waals surface area (Å²) in [7, 11) is 0. The molecule has 2 aliphatic heterocycles. The van der Waals surface area contributed by atoms with Crippen molar-refractivity contribution in [1.82, 2.24) is 10.2 Å². The Kier molecular flexibility index (Phi) is 3.83. The first-order chi connectivity index (χ1) is 11.2. The van der Waals surface area contributed by atoms with Gasteiger partial charge in [-0.3, -0.25) is 4.79 Å². The molecule has 3 heterocycles. The van der Waals surface area contributed by atoms with E-state index in [-0.39, 0.29) is 17.7 Å². The largest absolute Gasteiger partial charge is 0.508 e. The predicted molar refractivity (Wildman–Crippen MR) is 91.8 cm³/mol. The molecule has 1 unspecified atom stereocenters. The van der Waals surface area contributed by atoms with Gasteiger partial charge in [-0.25, -0.2) is 0 Å². The van der Waals surface area contributed by atoms with Crippen molar-refractivity contribution in [2.75, 3.05) is 19.6 Å². The molecule has 4 nitrogen and oxygen atoms in total. The molecule has 2 aliphatic rings. The summed E-state index contributed by atoms with van der Waals surface area (Å²) in [5.74, 6) is 1.04. The number of hydrogen-bond acceptors (Lipinski definition) is 4. The Morgan fingerprint density at radius 1 is 1.17 bits per heavy atom. The second-order valence-electron chi connectivity index (χ2n) is 6.53. The number of amides is 1. The van der Waals surface area contributed by atoms with E-state index < -0.39 is 0 Å². The minimum absolute atomic E-state index is 0.0347. The zero-order valence-electron chi connectivity index (χ0n) is 12.9. The highest BCUT2D eigenvalue weighted by Crippen LogP contribution is 2.30. The maximum absolute atomic E-state index is 12.5. The van der Waals surface area contributed by atoms with Crippen LogP contribution in [0.5, 0.6) is 5.75 Å². The van der Waals surface area contributed by atoms with Crippen LogP contribution in [0.2, 0.25) is 0 Å². The highest BCUT2D eigenvalue weighted by molar-refractivity contribution is 7.17. The summed E-state index contributed by atoms with van der Waals surface area (Å²) in [4.78, 5) is 16.7. The van der Waals surface area contributed by atoms with Crippen LogP contribution < -0.4 is 5.32 Å². The molecule has 2 saturated heterocycles. The van der Waals surface area contributed by atoms with Crippen molar-refractivity contribution in [3.8, 4) is 16.2 Å². The number of rotatable bonds is 3. The molecule has 1 aromatic carbocycles. The van der Waals surface area contributed by atoms with Crippen molar-refractivity contribution in [2.45, 2.75) is 18.9 Å². The first-order valence-corrected chi connectivity index (χ1v) is 8.91. The van der Waals surface area contributed by atoms with Crippen molar-refractivity contribution < 1.29 is 9.90 Å². The van der Waals surface area contributed by atoms with Crippen molar-refractivity contribution in [1.29, 1.82) is 0 Å². The fraction of sp³-hybridized carbons (Fsp3) is 0.389. The molecular formula is C18H20N2O2S. The Hall–Kier alpha value is -1.85. The quantitative estimate of drug-likeness (QED) is 0.911. The number of carbonyl (C=O) groups excluding carboxylic acids is 1. The van der Waals surface area contributed by atoms with E-state index in [1.54, 1.807) is 12.1 Å². The maximum atomic E-state index is 12.5. The third-order valence-corrected chi connectivity index (χ3v) is 5.92. The lowest BCUT2D eigenvalue weighted by Gasteiger charge is -2.30. The second kappa shape index (κ2) is 5.98. The smallest absolute Gasteiger partial charge is 0.261 e. The highest BCUT2D eigenvalue weighted by Gasteiger charge is 2.33. The van der Waals surface area contributed by atoms with Gasteiger partial charge in [-0.1, -0.05) is 0 Å². The van der Waals surface area contributed by atoms with E-state index in [1.807, 2.05) is 24.3 Å². The van der Waals surface area contributed by atoms with Crippen molar-refractivity contribution in [3.05, 3.63) is 41.3 Å². The van der Waals surface area contributed by atoms with Crippen molar-refractivity contribution in [2.24, 2.45) is 5.92 Å². The lowest BCUT2D eigenvalue weighted by Crippen LogP contribution is -2.46. The van der Waals surface area contributed by atoms with E-state index in [0.717, 1.165) is 34.2 Å². The fourth-order valence-corrected chi connectivity index (χ4v) is 4.58. The summed E-state index contributed by atoms with van der Waals surface area (Å²) in [6.45, 7) is 3.37. The lowest BCUT2D eigenvalue weighted by molar-refractivity contribution is 0.0913. The molecule has 0 spiro atoms. The fourth-order valence-electron chi connectivity index (χ4n) is 3.66. The van der Waals surface area contributed by atoms with Crippen LogP contribution in [0.3, 0.4) is 0 Å². The molecule has 0 aliphatic carbocycles. The summed E-state index contributed by atoms with van der Waals surface area (Å²) < 4.78 is 0. The van der Waals surface area contributed by atoms with Crippen LogP contribution in [-0.4, -0.2) is 41.6 Å². The Labute approximate surface area is 139 Å². The van der Waals surface area contributed by atoms with E-state index in [9.17, 15) is 9.90 Å². The molecule has 4 rings (SSSR count). The monoisotopic (exact) mass is 328 g/mol. The number of aromatic hydroxyl groups is 1. The zero-order chi connectivity index (χ0) is 15.8. The van der Waals surface area contributed by atoms with Crippen LogP contribution in [-0.2, 0) is 0 Å². The second-order valence-corrected chi connectivity index (χ2v) is 7.61. The number of nitrogens with one attached hydrogen (secondary N) is 1. The van der Waals surface area contributed by atoms with E-state index in [0.29, 0.717) is 0 Å². The Morgan fingerprint density at radius 3 is 2.78 bits per heavy atom. The van der Waals surface area contributed by atoms with Crippen LogP contribution in [0.1, 0.15) is 22.5 Å². The Balaban J connectivity index is 1.44. The van der Waals surface area contributed by atoms with Gasteiger partial charge in [-0.2, -0.15) is 0 Å². The number of thiophene rings is 1. The standard InChI is InChI=1S/C18H20N2O2S/c21-15-3-1-13(2-4-15)16-5-6-17(23-16)18(22)19-14-9-12-7-8-20(10-12)11-14/h1-6,12,14,21H,7-11H2,(H,19,22)/t12-,14-/m1/s1. The summed E-state index contributed by atoms with van der Waals surface area (Å²) in [5.41, 5.74) is 1.02. The molecule has 2 fully saturated rings. The Morgan fingerprint density at radius 2 is 2.00 bits per heavy atom. The van der Waals surface area contributed by atoms with Gasteiger partial charge in [0.05, 0.1) is 4.88 Å². The van der Waals surface area contributed by atoms with Crippen LogP contribution in [0.25, 0.3) is 10.4 Å². The van der Waals surface area contributed by atoms with Gasteiger partial charge in [0, 0.05) is 24.0 Å². The molecule has 0 radical (unpaired) electrons. The normalized spacial score (nSPS) is 26.2. The Bertz CT molecular complexity index is 698. The van der Waals surface area contributed by atoms with Crippen molar-refractivity contribution >= 4 is 17.2 Å². The van der Waals surface area contributed by atoms with Crippen LogP contribution in [0, 0.1) is 5.92 Å². The molecule has 23 heavy (non-hydrogen) atoms. The molecule has 5 heteroatoms. The summed E-state index contributed by atoms with van der Waals surface area (Å²) in [6.07, 6.45) is 2.38. The molecule has 2 N–H and O–H groups in total. The molecule has 120 valence electrons. The number of carbonyl (C=O) groups is 1. The minimum Gasteiger partial charge on any atom is -0.508 e. The summed E-state index contributed by atoms with van der Waals surface area (Å²) >= 11 is 1.50. The molecule has 3 atom stereocenters. The first-order valence-electron chi connectivity index (χ1n) is 8.10. The number of hydrogen-bond donors (Lipinski definition) is 2. The van der Waals surface area contributed by atoms with Crippen molar-refractivity contribution in [3.63, 3.8) is 0 Å². The van der Waals surface area contributed by atoms with Gasteiger partial charge in [0.2, 0.25) is 0 Å².